The van der Waals surface area contributed by atoms with E-state index in [4.69, 9.17) is 9.47 Å². The monoisotopic (exact) mass is 250 g/mol. The van der Waals surface area contributed by atoms with Crippen LogP contribution < -0.4 is 4.74 Å². The number of benzene rings is 1. The van der Waals surface area contributed by atoms with Gasteiger partial charge in [-0.3, -0.25) is 4.79 Å². The van der Waals surface area contributed by atoms with Gasteiger partial charge in [0.25, 0.3) is 0 Å². The van der Waals surface area contributed by atoms with E-state index in [0.29, 0.717) is 25.6 Å². The van der Waals surface area contributed by atoms with E-state index in [0.717, 1.165) is 16.9 Å². The highest BCUT2D eigenvalue weighted by Gasteiger charge is 2.08. The lowest BCUT2D eigenvalue weighted by molar-refractivity contribution is 0.0932. The second-order valence-corrected chi connectivity index (χ2v) is 4.85. The van der Waals surface area contributed by atoms with Gasteiger partial charge in [-0.15, -0.1) is 0 Å². The van der Waals surface area contributed by atoms with Gasteiger partial charge in [0.05, 0.1) is 13.2 Å². The highest BCUT2D eigenvalue weighted by atomic mass is 16.5. The van der Waals surface area contributed by atoms with E-state index in [9.17, 15) is 4.79 Å². The van der Waals surface area contributed by atoms with E-state index in [1.165, 1.54) is 0 Å². The van der Waals surface area contributed by atoms with E-state index < -0.39 is 0 Å². The topological polar surface area (TPSA) is 35.5 Å². The first-order chi connectivity index (χ1) is 8.54. The fourth-order valence-corrected chi connectivity index (χ4v) is 1.58. The van der Waals surface area contributed by atoms with Gasteiger partial charge in [-0.25, -0.2) is 0 Å². The molecule has 0 aliphatic rings. The number of methoxy groups -OCH3 is 1. The minimum Gasteiger partial charge on any atom is -0.493 e. The van der Waals surface area contributed by atoms with Gasteiger partial charge in [-0.2, -0.15) is 0 Å². The minimum absolute atomic E-state index is 0.107. The SMILES string of the molecule is COCCC(=O)c1ccc(OCC(C)C)c(C)c1. The molecule has 1 aromatic carbocycles. The zero-order valence-corrected chi connectivity index (χ0v) is 11.7. The second kappa shape index (κ2) is 7.17. The van der Waals surface area contributed by atoms with Gasteiger partial charge >= 0.3 is 0 Å². The predicted molar refractivity (Wildman–Crippen MR) is 72.3 cm³/mol. The van der Waals surface area contributed by atoms with E-state index >= 15 is 0 Å². The summed E-state index contributed by atoms with van der Waals surface area (Å²) >= 11 is 0. The van der Waals surface area contributed by atoms with Crippen LogP contribution in [0.15, 0.2) is 18.2 Å². The lowest BCUT2D eigenvalue weighted by Crippen LogP contribution is -2.07. The Bertz CT molecular complexity index is 397. The van der Waals surface area contributed by atoms with Crippen LogP contribution in [0.5, 0.6) is 5.75 Å². The van der Waals surface area contributed by atoms with Crippen molar-refractivity contribution in [3.8, 4) is 5.75 Å². The number of rotatable bonds is 7. The summed E-state index contributed by atoms with van der Waals surface area (Å²) in [6, 6.07) is 5.58. The molecule has 0 N–H and O–H groups in total. The summed E-state index contributed by atoms with van der Waals surface area (Å²) in [7, 11) is 1.60. The number of aryl methyl sites for hydroxylation is 1. The molecule has 0 heterocycles. The lowest BCUT2D eigenvalue weighted by atomic mass is 10.1. The van der Waals surface area contributed by atoms with Crippen LogP contribution in [0.2, 0.25) is 0 Å². The van der Waals surface area contributed by atoms with Crippen LogP contribution in [0.4, 0.5) is 0 Å². The van der Waals surface area contributed by atoms with E-state index in [-0.39, 0.29) is 5.78 Å². The van der Waals surface area contributed by atoms with Crippen LogP contribution in [0.3, 0.4) is 0 Å². The third-order valence-corrected chi connectivity index (χ3v) is 2.60. The smallest absolute Gasteiger partial charge is 0.165 e. The predicted octanol–water partition coefficient (Wildman–Crippen LogP) is 3.25. The molecular weight excluding hydrogens is 228 g/mol. The average Bonchev–Trinajstić information content (AvgIpc) is 2.34. The maximum Gasteiger partial charge on any atom is 0.165 e. The molecule has 0 saturated carbocycles. The number of carbonyl (C=O) groups is 1. The van der Waals surface area contributed by atoms with Crippen molar-refractivity contribution in [2.75, 3.05) is 20.3 Å². The van der Waals surface area contributed by atoms with Crippen LogP contribution in [-0.2, 0) is 4.74 Å². The van der Waals surface area contributed by atoms with E-state index in [2.05, 4.69) is 13.8 Å². The molecule has 0 atom stereocenters. The lowest BCUT2D eigenvalue weighted by Gasteiger charge is -2.12. The molecule has 0 saturated heterocycles. The summed E-state index contributed by atoms with van der Waals surface area (Å²) in [6.07, 6.45) is 0.419. The third kappa shape index (κ3) is 4.49. The fourth-order valence-electron chi connectivity index (χ4n) is 1.58. The Labute approximate surface area is 109 Å². The van der Waals surface area contributed by atoms with Gasteiger partial charge in [0.15, 0.2) is 5.78 Å². The van der Waals surface area contributed by atoms with Gasteiger partial charge in [0.1, 0.15) is 5.75 Å². The Morgan fingerprint density at radius 1 is 1.33 bits per heavy atom. The molecule has 100 valence electrons. The molecular formula is C15H22O3. The van der Waals surface area contributed by atoms with Crippen molar-refractivity contribution in [3.63, 3.8) is 0 Å². The number of ketones is 1. The molecule has 18 heavy (non-hydrogen) atoms. The number of Topliss-reactive ketones (excluding diaryl/α,β-unsaturated/α-hetero) is 1. The summed E-state index contributed by atoms with van der Waals surface area (Å²) in [5.41, 5.74) is 1.72. The molecule has 0 spiro atoms. The first-order valence-corrected chi connectivity index (χ1v) is 6.30. The number of ether oxygens (including phenoxy) is 2. The number of carbonyl (C=O) groups excluding carboxylic acids is 1. The molecule has 0 aliphatic carbocycles. The Morgan fingerprint density at radius 2 is 2.06 bits per heavy atom. The van der Waals surface area contributed by atoms with Crippen LogP contribution in [0.1, 0.15) is 36.2 Å². The average molecular weight is 250 g/mol. The van der Waals surface area contributed by atoms with Crippen molar-refractivity contribution in [1.29, 1.82) is 0 Å². The normalized spacial score (nSPS) is 10.7. The molecule has 3 nitrogen and oxygen atoms in total. The summed E-state index contributed by atoms with van der Waals surface area (Å²) in [6.45, 7) is 7.33. The molecule has 1 rings (SSSR count). The molecule has 0 aromatic heterocycles. The quantitative estimate of drug-likeness (QED) is 0.697. The van der Waals surface area contributed by atoms with Crippen molar-refractivity contribution in [2.24, 2.45) is 5.92 Å². The van der Waals surface area contributed by atoms with Crippen LogP contribution in [0, 0.1) is 12.8 Å². The van der Waals surface area contributed by atoms with E-state index in [1.54, 1.807) is 7.11 Å². The number of hydrogen-bond donors (Lipinski definition) is 0. The van der Waals surface area contributed by atoms with Crippen molar-refractivity contribution >= 4 is 5.78 Å². The van der Waals surface area contributed by atoms with E-state index in [1.807, 2.05) is 25.1 Å². The van der Waals surface area contributed by atoms with Gasteiger partial charge in [0, 0.05) is 19.1 Å². The summed E-state index contributed by atoms with van der Waals surface area (Å²) < 4.78 is 10.6. The molecule has 0 bridgehead atoms. The standard InChI is InChI=1S/C15H22O3/c1-11(2)10-18-15-6-5-13(9-12(15)3)14(16)7-8-17-4/h5-6,9,11H,7-8,10H2,1-4H3. The fraction of sp³-hybridized carbons (Fsp3) is 0.533. The van der Waals surface area contributed by atoms with Crippen molar-refractivity contribution < 1.29 is 14.3 Å². The Hall–Kier alpha value is -1.35. The largest absolute Gasteiger partial charge is 0.493 e. The minimum atomic E-state index is 0.107. The number of hydrogen-bond acceptors (Lipinski definition) is 3. The highest BCUT2D eigenvalue weighted by Crippen LogP contribution is 2.20. The van der Waals surface area contributed by atoms with Crippen molar-refractivity contribution in [2.45, 2.75) is 27.2 Å². The maximum absolute atomic E-state index is 11.8. The van der Waals surface area contributed by atoms with Crippen molar-refractivity contribution in [1.82, 2.24) is 0 Å². The van der Waals surface area contributed by atoms with Crippen LogP contribution in [0.25, 0.3) is 0 Å². The van der Waals surface area contributed by atoms with Crippen LogP contribution in [-0.4, -0.2) is 26.1 Å². The summed E-state index contributed by atoms with van der Waals surface area (Å²) in [4.78, 5) is 11.8. The van der Waals surface area contributed by atoms with Gasteiger partial charge < -0.3 is 9.47 Å². The van der Waals surface area contributed by atoms with Gasteiger partial charge in [0.2, 0.25) is 0 Å². The molecule has 0 fully saturated rings. The molecule has 0 radical (unpaired) electrons. The molecule has 0 aliphatic heterocycles. The molecule has 1 aromatic rings. The van der Waals surface area contributed by atoms with Gasteiger partial charge in [-0.05, 0) is 36.6 Å². The van der Waals surface area contributed by atoms with Gasteiger partial charge in [-0.1, -0.05) is 13.8 Å². The van der Waals surface area contributed by atoms with Crippen LogP contribution >= 0.6 is 0 Å². The second-order valence-electron chi connectivity index (χ2n) is 4.85. The Morgan fingerprint density at radius 3 is 2.61 bits per heavy atom. The zero-order chi connectivity index (χ0) is 13.5. The Kier molecular flexibility index (Phi) is 5.86. The summed E-state index contributed by atoms with van der Waals surface area (Å²) in [5, 5.41) is 0. The molecule has 0 amide bonds. The third-order valence-electron chi connectivity index (χ3n) is 2.60. The first-order valence-electron chi connectivity index (χ1n) is 6.30. The Balaban J connectivity index is 2.69. The first kappa shape index (κ1) is 14.7. The molecule has 3 heteroatoms. The zero-order valence-electron chi connectivity index (χ0n) is 11.7. The molecule has 0 unspecified atom stereocenters. The maximum atomic E-state index is 11.8. The highest BCUT2D eigenvalue weighted by molar-refractivity contribution is 5.96. The van der Waals surface area contributed by atoms with Crippen molar-refractivity contribution in [3.05, 3.63) is 29.3 Å². The summed E-state index contributed by atoms with van der Waals surface area (Å²) in [5.74, 6) is 1.45.